The summed E-state index contributed by atoms with van der Waals surface area (Å²) >= 11 is 5.43. The van der Waals surface area contributed by atoms with Crippen LogP contribution in [0.1, 0.15) is 19.3 Å². The lowest BCUT2D eigenvalue weighted by Crippen LogP contribution is -2.16. The highest BCUT2D eigenvalue weighted by Crippen LogP contribution is 2.33. The molecule has 3 N–H and O–H groups in total. The number of hydrogen-bond acceptors (Lipinski definition) is 4. The Hall–Kier alpha value is -0.940. The summed E-state index contributed by atoms with van der Waals surface area (Å²) < 4.78 is 0.956. The molecule has 3 rings (SSSR count). The van der Waals surface area contributed by atoms with Crippen molar-refractivity contribution >= 4 is 50.0 Å². The molecular weight excluding hydrogens is 334 g/mol. The third-order valence-corrected chi connectivity index (χ3v) is 5.46. The normalized spacial score (nSPS) is 22.3. The average Bonchev–Trinajstić information content (AvgIpc) is 2.90. The highest BCUT2D eigenvalue weighted by Gasteiger charge is 2.24. The Labute approximate surface area is 131 Å². The molecule has 1 saturated carbocycles. The zero-order valence-corrected chi connectivity index (χ0v) is 13.8. The fourth-order valence-electron chi connectivity index (χ4n) is 2.84. The summed E-state index contributed by atoms with van der Waals surface area (Å²) in [5, 5.41) is 5.44. The molecule has 1 aromatic heterocycles. The van der Waals surface area contributed by atoms with Crippen LogP contribution < -0.4 is 11.1 Å². The van der Waals surface area contributed by atoms with E-state index in [4.69, 9.17) is 5.73 Å². The number of nitrogen functional groups attached to an aromatic ring is 1. The Morgan fingerprint density at radius 1 is 1.40 bits per heavy atom. The van der Waals surface area contributed by atoms with Crippen LogP contribution in [-0.2, 0) is 0 Å². The molecule has 1 heterocycles. The third kappa shape index (κ3) is 2.74. The summed E-state index contributed by atoms with van der Waals surface area (Å²) in [6.07, 6.45) is 7.78. The number of hydrogen-bond donors (Lipinski definition) is 2. The lowest BCUT2D eigenvalue weighted by molar-refractivity contribution is 0.758. The molecule has 0 amide bonds. The SMILES string of the molecule is CSC1CCC(Nc2ccc(N)c3cc(Br)cnc23)C1. The van der Waals surface area contributed by atoms with Crippen molar-refractivity contribution in [1.29, 1.82) is 0 Å². The number of anilines is 2. The predicted octanol–water partition coefficient (Wildman–Crippen LogP) is 4.28. The zero-order valence-electron chi connectivity index (χ0n) is 11.4. The van der Waals surface area contributed by atoms with E-state index in [0.717, 1.165) is 32.0 Å². The maximum Gasteiger partial charge on any atom is 0.0954 e. The second-order valence-corrected chi connectivity index (χ2v) is 7.32. The minimum absolute atomic E-state index is 0.546. The van der Waals surface area contributed by atoms with Gasteiger partial charge in [-0.1, -0.05) is 0 Å². The number of fused-ring (bicyclic) bond motifs is 1. The van der Waals surface area contributed by atoms with Crippen LogP contribution in [0.25, 0.3) is 10.9 Å². The topological polar surface area (TPSA) is 50.9 Å². The number of nitrogens with two attached hydrogens (primary N) is 1. The fourth-order valence-corrected chi connectivity index (χ4v) is 3.97. The molecule has 106 valence electrons. The number of halogens is 1. The van der Waals surface area contributed by atoms with Crippen molar-refractivity contribution in [3.05, 3.63) is 28.9 Å². The van der Waals surface area contributed by atoms with Crippen molar-refractivity contribution in [3.8, 4) is 0 Å². The van der Waals surface area contributed by atoms with E-state index in [0.29, 0.717) is 6.04 Å². The second-order valence-electron chi connectivity index (χ2n) is 5.26. The molecule has 2 atom stereocenters. The summed E-state index contributed by atoms with van der Waals surface area (Å²) in [4.78, 5) is 4.53. The molecule has 3 nitrogen and oxygen atoms in total. The number of aromatic nitrogens is 1. The number of rotatable bonds is 3. The van der Waals surface area contributed by atoms with Crippen LogP contribution in [0, 0.1) is 0 Å². The van der Waals surface area contributed by atoms with Gasteiger partial charge in [0.25, 0.3) is 0 Å². The van der Waals surface area contributed by atoms with Gasteiger partial charge in [0.1, 0.15) is 0 Å². The third-order valence-electron chi connectivity index (χ3n) is 3.93. The lowest BCUT2D eigenvalue weighted by Gasteiger charge is -2.16. The zero-order chi connectivity index (χ0) is 14.1. The van der Waals surface area contributed by atoms with Crippen molar-refractivity contribution in [2.24, 2.45) is 0 Å². The van der Waals surface area contributed by atoms with Crippen molar-refractivity contribution in [1.82, 2.24) is 4.98 Å². The van der Waals surface area contributed by atoms with E-state index in [2.05, 4.69) is 32.5 Å². The Balaban J connectivity index is 1.90. The first-order chi connectivity index (χ1) is 9.67. The number of nitrogens with zero attached hydrogens (tertiary/aromatic N) is 1. The number of pyridine rings is 1. The van der Waals surface area contributed by atoms with Crippen LogP contribution in [0.3, 0.4) is 0 Å². The summed E-state index contributed by atoms with van der Waals surface area (Å²) in [7, 11) is 0. The van der Waals surface area contributed by atoms with Gasteiger partial charge in [0.05, 0.1) is 11.2 Å². The molecule has 2 aromatic rings. The van der Waals surface area contributed by atoms with Gasteiger partial charge in [-0.25, -0.2) is 0 Å². The molecule has 1 aliphatic rings. The number of benzene rings is 1. The number of thioether (sulfide) groups is 1. The minimum Gasteiger partial charge on any atom is -0.398 e. The van der Waals surface area contributed by atoms with Gasteiger partial charge in [0.2, 0.25) is 0 Å². The second kappa shape index (κ2) is 5.82. The van der Waals surface area contributed by atoms with Crippen molar-refractivity contribution < 1.29 is 0 Å². The molecule has 20 heavy (non-hydrogen) atoms. The maximum absolute atomic E-state index is 6.05. The van der Waals surface area contributed by atoms with Crippen LogP contribution in [-0.4, -0.2) is 22.5 Å². The average molecular weight is 352 g/mol. The van der Waals surface area contributed by atoms with Crippen molar-refractivity contribution in [2.75, 3.05) is 17.3 Å². The quantitative estimate of drug-likeness (QED) is 0.810. The van der Waals surface area contributed by atoms with Gasteiger partial charge in [-0.15, -0.1) is 0 Å². The smallest absolute Gasteiger partial charge is 0.0954 e. The molecule has 2 unspecified atom stereocenters. The van der Waals surface area contributed by atoms with E-state index in [1.54, 1.807) is 0 Å². The summed E-state index contributed by atoms with van der Waals surface area (Å²) in [6.45, 7) is 0. The maximum atomic E-state index is 6.05. The molecule has 0 aliphatic heterocycles. The predicted molar refractivity (Wildman–Crippen MR) is 92.4 cm³/mol. The lowest BCUT2D eigenvalue weighted by atomic mass is 10.1. The van der Waals surface area contributed by atoms with E-state index in [9.17, 15) is 0 Å². The van der Waals surface area contributed by atoms with Gasteiger partial charge in [-0.3, -0.25) is 4.98 Å². The van der Waals surface area contributed by atoms with Gasteiger partial charge in [-0.2, -0.15) is 11.8 Å². The van der Waals surface area contributed by atoms with Crippen LogP contribution in [0.4, 0.5) is 11.4 Å². The standard InChI is InChI=1S/C15H18BrN3S/c1-20-11-3-2-10(7-11)19-14-5-4-13(17)12-6-9(16)8-18-15(12)14/h4-6,8,10-11,19H,2-3,7,17H2,1H3. The molecule has 0 radical (unpaired) electrons. The Kier molecular flexibility index (Phi) is 4.08. The molecule has 1 aromatic carbocycles. The summed E-state index contributed by atoms with van der Waals surface area (Å²) in [6, 6.07) is 6.58. The van der Waals surface area contributed by atoms with Gasteiger partial charge in [-0.05, 0) is 59.6 Å². The molecule has 0 spiro atoms. The van der Waals surface area contributed by atoms with Crippen molar-refractivity contribution in [2.45, 2.75) is 30.6 Å². The Bertz CT molecular complexity index is 632. The van der Waals surface area contributed by atoms with Gasteiger partial charge >= 0.3 is 0 Å². The molecule has 5 heteroatoms. The van der Waals surface area contributed by atoms with Gasteiger partial charge in [0, 0.05) is 33.0 Å². The molecule has 1 fully saturated rings. The summed E-state index contributed by atoms with van der Waals surface area (Å²) in [5.74, 6) is 0. The number of nitrogens with one attached hydrogen (secondary N) is 1. The molecule has 0 saturated heterocycles. The highest BCUT2D eigenvalue weighted by atomic mass is 79.9. The van der Waals surface area contributed by atoms with E-state index >= 15 is 0 Å². The minimum atomic E-state index is 0.546. The first-order valence-electron chi connectivity index (χ1n) is 6.80. The van der Waals surface area contributed by atoms with E-state index < -0.39 is 0 Å². The first-order valence-corrected chi connectivity index (χ1v) is 8.88. The van der Waals surface area contributed by atoms with Crippen LogP contribution in [0.2, 0.25) is 0 Å². The largest absolute Gasteiger partial charge is 0.398 e. The van der Waals surface area contributed by atoms with Gasteiger partial charge in [0.15, 0.2) is 0 Å². The van der Waals surface area contributed by atoms with E-state index in [1.807, 2.05) is 36.2 Å². The van der Waals surface area contributed by atoms with E-state index in [1.165, 1.54) is 19.3 Å². The van der Waals surface area contributed by atoms with Gasteiger partial charge < -0.3 is 11.1 Å². The first kappa shape index (κ1) is 14.0. The van der Waals surface area contributed by atoms with Crippen LogP contribution in [0.15, 0.2) is 28.9 Å². The monoisotopic (exact) mass is 351 g/mol. The molecule has 0 bridgehead atoms. The molecular formula is C15H18BrN3S. The van der Waals surface area contributed by atoms with E-state index in [-0.39, 0.29) is 0 Å². The highest BCUT2D eigenvalue weighted by molar-refractivity contribution is 9.10. The fraction of sp³-hybridized carbons (Fsp3) is 0.400. The Morgan fingerprint density at radius 3 is 3.00 bits per heavy atom. The molecule has 1 aliphatic carbocycles. The Morgan fingerprint density at radius 2 is 2.25 bits per heavy atom. The van der Waals surface area contributed by atoms with Crippen LogP contribution >= 0.6 is 27.7 Å². The van der Waals surface area contributed by atoms with Crippen molar-refractivity contribution in [3.63, 3.8) is 0 Å². The summed E-state index contributed by atoms with van der Waals surface area (Å²) in [5.41, 5.74) is 8.88. The van der Waals surface area contributed by atoms with Crippen LogP contribution in [0.5, 0.6) is 0 Å².